The van der Waals surface area contributed by atoms with Gasteiger partial charge in [-0.15, -0.1) is 0 Å². The lowest BCUT2D eigenvalue weighted by Crippen LogP contribution is -2.28. The minimum atomic E-state index is -2.61. The average molecular weight is 413 g/mol. The highest BCUT2D eigenvalue weighted by molar-refractivity contribution is 6.02. The van der Waals surface area contributed by atoms with Crippen LogP contribution in [0.4, 0.5) is 14.7 Å². The molecule has 4 aromatic heterocycles. The largest absolute Gasteiger partial charge is 0.352 e. The topological polar surface area (TPSA) is 100 Å². The quantitative estimate of drug-likeness (QED) is 0.431. The highest BCUT2D eigenvalue weighted by Crippen LogP contribution is 2.29. The van der Waals surface area contributed by atoms with Gasteiger partial charge in [0.25, 0.3) is 12.3 Å². The average Bonchev–Trinajstić information content (AvgIpc) is 3.35. The van der Waals surface area contributed by atoms with E-state index in [1.807, 2.05) is 12.3 Å². The number of amides is 1. The first kappa shape index (κ1) is 19.7. The van der Waals surface area contributed by atoms with Crippen LogP contribution in [0, 0.1) is 0 Å². The van der Waals surface area contributed by atoms with Crippen LogP contribution in [0.5, 0.6) is 0 Å². The lowest BCUT2D eigenvalue weighted by atomic mass is 10.1. The molecule has 156 valence electrons. The Morgan fingerprint density at radius 3 is 2.93 bits per heavy atom. The number of hydrogen-bond acceptors (Lipinski definition) is 5. The van der Waals surface area contributed by atoms with Gasteiger partial charge < -0.3 is 15.6 Å². The van der Waals surface area contributed by atoms with E-state index in [-0.39, 0.29) is 11.6 Å². The summed E-state index contributed by atoms with van der Waals surface area (Å²) in [6.07, 6.45) is 4.99. The number of nitrogens with one attached hydrogen (secondary N) is 3. The minimum absolute atomic E-state index is 0.230. The standard InChI is InChI=1S/C20H21F2N7O/c1-3-11(2)27-20-25-8-14-13(7-23-18(14)28-20)12-4-5-29-16(6-12)15(9-26-29)19(30)24-10-17(21)22/h4-9,11,17H,3,10H2,1-2H3,(H,24,30)(H2,23,25,27,28). The van der Waals surface area contributed by atoms with Gasteiger partial charge in [0.15, 0.2) is 0 Å². The Morgan fingerprint density at radius 2 is 2.17 bits per heavy atom. The molecule has 0 aliphatic carbocycles. The van der Waals surface area contributed by atoms with E-state index in [0.29, 0.717) is 17.1 Å². The number of fused-ring (bicyclic) bond motifs is 2. The molecule has 0 fully saturated rings. The Bertz CT molecular complexity index is 1200. The fraction of sp³-hybridized carbons (Fsp3) is 0.300. The van der Waals surface area contributed by atoms with Crippen molar-refractivity contribution in [3.05, 3.63) is 42.5 Å². The summed E-state index contributed by atoms with van der Waals surface area (Å²) in [5.41, 5.74) is 3.12. The zero-order valence-corrected chi connectivity index (χ0v) is 16.5. The number of pyridine rings is 1. The Kier molecular flexibility index (Phi) is 5.30. The Hall–Kier alpha value is -3.56. The maximum absolute atomic E-state index is 12.4. The van der Waals surface area contributed by atoms with Crippen molar-refractivity contribution in [2.45, 2.75) is 32.7 Å². The predicted octanol–water partition coefficient (Wildman–Crippen LogP) is 3.48. The van der Waals surface area contributed by atoms with Crippen LogP contribution >= 0.6 is 0 Å². The van der Waals surface area contributed by atoms with Crippen molar-refractivity contribution < 1.29 is 13.6 Å². The second-order valence-electron chi connectivity index (χ2n) is 7.02. The van der Waals surface area contributed by atoms with Crippen LogP contribution in [-0.2, 0) is 0 Å². The third-order valence-electron chi connectivity index (χ3n) is 4.91. The molecule has 10 heteroatoms. The smallest absolute Gasteiger partial charge is 0.255 e. The number of nitrogens with zero attached hydrogens (tertiary/aromatic N) is 4. The van der Waals surface area contributed by atoms with Gasteiger partial charge in [-0.25, -0.2) is 18.3 Å². The first-order chi connectivity index (χ1) is 14.5. The summed E-state index contributed by atoms with van der Waals surface area (Å²) in [5, 5.41) is 10.4. The molecule has 0 aliphatic rings. The van der Waals surface area contributed by atoms with Crippen molar-refractivity contribution in [2.24, 2.45) is 0 Å². The number of rotatable bonds is 7. The van der Waals surface area contributed by atoms with E-state index in [1.165, 1.54) is 10.7 Å². The Labute approximate surface area is 170 Å². The molecule has 0 radical (unpaired) electrons. The van der Waals surface area contributed by atoms with Gasteiger partial charge in [-0.05, 0) is 31.0 Å². The first-order valence-electron chi connectivity index (χ1n) is 9.61. The molecule has 0 aromatic carbocycles. The van der Waals surface area contributed by atoms with E-state index >= 15 is 0 Å². The van der Waals surface area contributed by atoms with Crippen LogP contribution in [0.3, 0.4) is 0 Å². The molecule has 1 unspecified atom stereocenters. The van der Waals surface area contributed by atoms with Gasteiger partial charge in [-0.2, -0.15) is 10.1 Å². The zero-order chi connectivity index (χ0) is 21.3. The van der Waals surface area contributed by atoms with E-state index in [0.717, 1.165) is 22.9 Å². The van der Waals surface area contributed by atoms with Gasteiger partial charge in [0.05, 0.1) is 23.8 Å². The fourth-order valence-corrected chi connectivity index (χ4v) is 3.13. The van der Waals surface area contributed by atoms with Gasteiger partial charge in [-0.1, -0.05) is 6.92 Å². The normalized spacial score (nSPS) is 12.6. The van der Waals surface area contributed by atoms with Crippen molar-refractivity contribution >= 4 is 28.4 Å². The molecule has 0 aliphatic heterocycles. The first-order valence-corrected chi connectivity index (χ1v) is 9.61. The molecule has 0 bridgehead atoms. The highest BCUT2D eigenvalue weighted by Gasteiger charge is 2.16. The summed E-state index contributed by atoms with van der Waals surface area (Å²) in [5.74, 6) is -0.0417. The maximum Gasteiger partial charge on any atom is 0.255 e. The van der Waals surface area contributed by atoms with Gasteiger partial charge in [0.2, 0.25) is 5.95 Å². The molecule has 3 N–H and O–H groups in total. The number of carbonyl (C=O) groups is 1. The Morgan fingerprint density at radius 1 is 1.33 bits per heavy atom. The summed E-state index contributed by atoms with van der Waals surface area (Å²) >= 11 is 0. The highest BCUT2D eigenvalue weighted by atomic mass is 19.3. The summed E-state index contributed by atoms with van der Waals surface area (Å²) in [4.78, 5) is 24.3. The Balaban J connectivity index is 1.68. The number of anilines is 1. The molecule has 8 nitrogen and oxygen atoms in total. The summed E-state index contributed by atoms with van der Waals surface area (Å²) in [6, 6.07) is 3.91. The lowest BCUT2D eigenvalue weighted by molar-refractivity contribution is 0.0893. The lowest BCUT2D eigenvalue weighted by Gasteiger charge is -2.10. The molecular weight excluding hydrogens is 392 g/mol. The number of halogens is 2. The van der Waals surface area contributed by atoms with Crippen LogP contribution < -0.4 is 10.6 Å². The molecular formula is C20H21F2N7O. The number of hydrogen-bond donors (Lipinski definition) is 3. The summed E-state index contributed by atoms with van der Waals surface area (Å²) in [7, 11) is 0. The molecule has 4 aromatic rings. The number of aromatic amines is 1. The predicted molar refractivity (Wildman–Crippen MR) is 110 cm³/mol. The molecule has 1 amide bonds. The van der Waals surface area contributed by atoms with Gasteiger partial charge >= 0.3 is 0 Å². The van der Waals surface area contributed by atoms with E-state index in [9.17, 15) is 13.6 Å². The van der Waals surface area contributed by atoms with Crippen molar-refractivity contribution in [2.75, 3.05) is 11.9 Å². The fourth-order valence-electron chi connectivity index (χ4n) is 3.13. The number of carbonyl (C=O) groups excluding carboxylic acids is 1. The van der Waals surface area contributed by atoms with Crippen molar-refractivity contribution in [1.29, 1.82) is 0 Å². The van der Waals surface area contributed by atoms with Gasteiger partial charge in [-0.3, -0.25) is 4.79 Å². The maximum atomic E-state index is 12.4. The molecule has 0 spiro atoms. The molecule has 30 heavy (non-hydrogen) atoms. The van der Waals surface area contributed by atoms with Crippen molar-refractivity contribution in [1.82, 2.24) is 29.9 Å². The summed E-state index contributed by atoms with van der Waals surface area (Å²) < 4.78 is 26.4. The van der Waals surface area contributed by atoms with Crippen LogP contribution in [-0.4, -0.2) is 49.5 Å². The third-order valence-corrected chi connectivity index (χ3v) is 4.91. The SMILES string of the molecule is CCC(C)Nc1ncc2c(-c3ccn4ncc(C(=O)NCC(F)F)c4c3)c[nH]c2n1. The van der Waals surface area contributed by atoms with E-state index in [2.05, 4.69) is 44.5 Å². The van der Waals surface area contributed by atoms with E-state index in [4.69, 9.17) is 0 Å². The number of H-pyrrole nitrogens is 1. The molecule has 0 saturated carbocycles. The number of aromatic nitrogens is 5. The van der Waals surface area contributed by atoms with E-state index in [1.54, 1.807) is 18.5 Å². The second-order valence-corrected chi connectivity index (χ2v) is 7.02. The van der Waals surface area contributed by atoms with Crippen molar-refractivity contribution in [3.63, 3.8) is 0 Å². The molecule has 0 saturated heterocycles. The van der Waals surface area contributed by atoms with Crippen molar-refractivity contribution in [3.8, 4) is 11.1 Å². The van der Waals surface area contributed by atoms with Crippen LogP contribution in [0.25, 0.3) is 27.7 Å². The van der Waals surface area contributed by atoms with Crippen LogP contribution in [0.15, 0.2) is 36.9 Å². The minimum Gasteiger partial charge on any atom is -0.352 e. The summed E-state index contributed by atoms with van der Waals surface area (Å²) in [6.45, 7) is 3.43. The van der Waals surface area contributed by atoms with Crippen LogP contribution in [0.2, 0.25) is 0 Å². The molecule has 4 rings (SSSR count). The third kappa shape index (κ3) is 3.80. The van der Waals surface area contributed by atoms with E-state index < -0.39 is 18.9 Å². The monoisotopic (exact) mass is 413 g/mol. The molecule has 4 heterocycles. The van der Waals surface area contributed by atoms with Crippen LogP contribution in [0.1, 0.15) is 30.6 Å². The molecule has 1 atom stereocenters. The number of alkyl halides is 2. The van der Waals surface area contributed by atoms with Gasteiger partial charge in [0.1, 0.15) is 5.65 Å². The zero-order valence-electron chi connectivity index (χ0n) is 16.5. The van der Waals surface area contributed by atoms with Gasteiger partial charge in [0, 0.05) is 35.6 Å². The second kappa shape index (κ2) is 8.05.